The van der Waals surface area contributed by atoms with Gasteiger partial charge in [0.05, 0.1) is 13.7 Å². The Morgan fingerprint density at radius 2 is 1.85 bits per heavy atom. The molecule has 1 rings (SSSR count). The van der Waals surface area contributed by atoms with E-state index in [9.17, 15) is 9.59 Å². The monoisotopic (exact) mass is 281 g/mol. The SMILES string of the molecule is COC(=O)[C@@H](CO)NC(=O)COc1cc(C)cc(C)c1. The molecule has 0 aliphatic carbocycles. The molecule has 6 heteroatoms. The van der Waals surface area contributed by atoms with Gasteiger partial charge in [-0.1, -0.05) is 6.07 Å². The molecule has 0 saturated heterocycles. The summed E-state index contributed by atoms with van der Waals surface area (Å²) in [6.45, 7) is 3.09. The van der Waals surface area contributed by atoms with Crippen LogP contribution in [0.1, 0.15) is 11.1 Å². The number of carbonyl (C=O) groups is 2. The van der Waals surface area contributed by atoms with Gasteiger partial charge in [0.2, 0.25) is 0 Å². The number of ether oxygens (including phenoxy) is 2. The highest BCUT2D eigenvalue weighted by Gasteiger charge is 2.20. The Morgan fingerprint density at radius 3 is 2.35 bits per heavy atom. The Hall–Kier alpha value is -2.08. The summed E-state index contributed by atoms with van der Waals surface area (Å²) in [6, 6.07) is 4.54. The van der Waals surface area contributed by atoms with Crippen LogP contribution in [0.3, 0.4) is 0 Å². The van der Waals surface area contributed by atoms with Crippen molar-refractivity contribution in [2.24, 2.45) is 0 Å². The van der Waals surface area contributed by atoms with Crippen molar-refractivity contribution < 1.29 is 24.2 Å². The fraction of sp³-hybridized carbons (Fsp3) is 0.429. The number of aliphatic hydroxyl groups is 1. The standard InChI is InChI=1S/C14H19NO5/c1-9-4-10(2)6-11(5-9)20-8-13(17)15-12(7-16)14(18)19-3/h4-6,12,16H,7-8H2,1-3H3,(H,15,17)/t12-/m1/s1. The van der Waals surface area contributed by atoms with Crippen LogP contribution < -0.4 is 10.1 Å². The number of hydrogen-bond donors (Lipinski definition) is 2. The van der Waals surface area contributed by atoms with Crippen molar-refractivity contribution >= 4 is 11.9 Å². The van der Waals surface area contributed by atoms with Crippen LogP contribution in [0.4, 0.5) is 0 Å². The van der Waals surface area contributed by atoms with Crippen molar-refractivity contribution in [1.82, 2.24) is 5.32 Å². The third-order valence-electron chi connectivity index (χ3n) is 2.57. The minimum absolute atomic E-state index is 0.240. The molecule has 0 aromatic heterocycles. The average Bonchev–Trinajstić information content (AvgIpc) is 2.40. The fourth-order valence-electron chi connectivity index (χ4n) is 1.72. The summed E-state index contributed by atoms with van der Waals surface area (Å²) in [5, 5.41) is 11.3. The van der Waals surface area contributed by atoms with Crippen molar-refractivity contribution in [2.75, 3.05) is 20.3 Å². The number of nitrogens with one attached hydrogen (secondary N) is 1. The number of methoxy groups -OCH3 is 1. The maximum Gasteiger partial charge on any atom is 0.330 e. The second kappa shape index (κ2) is 7.49. The van der Waals surface area contributed by atoms with Crippen LogP contribution in [0.2, 0.25) is 0 Å². The van der Waals surface area contributed by atoms with Gasteiger partial charge in [-0.25, -0.2) is 4.79 Å². The van der Waals surface area contributed by atoms with Crippen LogP contribution in [0.25, 0.3) is 0 Å². The normalized spacial score (nSPS) is 11.6. The third kappa shape index (κ3) is 4.89. The van der Waals surface area contributed by atoms with Crippen LogP contribution in [0.15, 0.2) is 18.2 Å². The van der Waals surface area contributed by atoms with E-state index in [2.05, 4.69) is 10.1 Å². The van der Waals surface area contributed by atoms with Gasteiger partial charge in [-0.15, -0.1) is 0 Å². The number of hydrogen-bond acceptors (Lipinski definition) is 5. The highest BCUT2D eigenvalue weighted by Crippen LogP contribution is 2.15. The zero-order valence-electron chi connectivity index (χ0n) is 11.8. The maximum atomic E-state index is 11.6. The van der Waals surface area contributed by atoms with E-state index in [1.54, 1.807) is 0 Å². The highest BCUT2D eigenvalue weighted by molar-refractivity contribution is 5.85. The van der Waals surface area contributed by atoms with Gasteiger partial charge in [0.1, 0.15) is 5.75 Å². The Kier molecular flexibility index (Phi) is 5.99. The quantitative estimate of drug-likeness (QED) is 0.734. The van der Waals surface area contributed by atoms with Crippen molar-refractivity contribution in [2.45, 2.75) is 19.9 Å². The van der Waals surface area contributed by atoms with E-state index in [1.807, 2.05) is 32.0 Å². The molecule has 110 valence electrons. The van der Waals surface area contributed by atoms with E-state index in [-0.39, 0.29) is 6.61 Å². The summed E-state index contributed by atoms with van der Waals surface area (Å²) in [5.41, 5.74) is 2.06. The van der Waals surface area contributed by atoms with Gasteiger partial charge in [0.25, 0.3) is 5.91 Å². The molecule has 0 aliphatic rings. The lowest BCUT2D eigenvalue weighted by Crippen LogP contribution is -2.45. The zero-order valence-corrected chi connectivity index (χ0v) is 11.8. The van der Waals surface area contributed by atoms with Gasteiger partial charge in [0.15, 0.2) is 12.6 Å². The molecule has 1 aromatic carbocycles. The maximum absolute atomic E-state index is 11.6. The van der Waals surface area contributed by atoms with Gasteiger partial charge in [0, 0.05) is 0 Å². The van der Waals surface area contributed by atoms with Gasteiger partial charge in [-0.05, 0) is 37.1 Å². The number of esters is 1. The molecule has 20 heavy (non-hydrogen) atoms. The second-order valence-corrected chi connectivity index (χ2v) is 4.44. The number of amides is 1. The lowest BCUT2D eigenvalue weighted by atomic mass is 10.1. The van der Waals surface area contributed by atoms with Crippen molar-refractivity contribution in [3.05, 3.63) is 29.3 Å². The molecule has 2 N–H and O–H groups in total. The van der Waals surface area contributed by atoms with E-state index in [0.717, 1.165) is 11.1 Å². The number of aliphatic hydroxyl groups excluding tert-OH is 1. The average molecular weight is 281 g/mol. The van der Waals surface area contributed by atoms with Gasteiger partial charge in [-0.3, -0.25) is 4.79 Å². The zero-order chi connectivity index (χ0) is 15.1. The van der Waals surface area contributed by atoms with Crippen molar-refractivity contribution in [3.8, 4) is 5.75 Å². The summed E-state index contributed by atoms with van der Waals surface area (Å²) in [7, 11) is 1.18. The largest absolute Gasteiger partial charge is 0.484 e. The number of aryl methyl sites for hydroxylation is 2. The van der Waals surface area contributed by atoms with Crippen LogP contribution >= 0.6 is 0 Å². The smallest absolute Gasteiger partial charge is 0.330 e. The molecule has 6 nitrogen and oxygen atoms in total. The predicted octanol–water partition coefficient (Wildman–Crippen LogP) is 0.332. The molecule has 0 fully saturated rings. The lowest BCUT2D eigenvalue weighted by molar-refractivity contribution is -0.146. The van der Waals surface area contributed by atoms with E-state index in [0.29, 0.717) is 5.75 Å². The number of carbonyl (C=O) groups excluding carboxylic acids is 2. The van der Waals surface area contributed by atoms with E-state index < -0.39 is 24.5 Å². The number of rotatable bonds is 6. The molecule has 0 bridgehead atoms. The lowest BCUT2D eigenvalue weighted by Gasteiger charge is -2.14. The molecule has 0 unspecified atom stereocenters. The molecular formula is C14H19NO5. The van der Waals surface area contributed by atoms with Crippen molar-refractivity contribution in [3.63, 3.8) is 0 Å². The van der Waals surface area contributed by atoms with Gasteiger partial charge in [-0.2, -0.15) is 0 Å². The molecular weight excluding hydrogens is 262 g/mol. The number of benzene rings is 1. The van der Waals surface area contributed by atoms with Gasteiger partial charge >= 0.3 is 5.97 Å². The second-order valence-electron chi connectivity index (χ2n) is 4.44. The Morgan fingerprint density at radius 1 is 1.25 bits per heavy atom. The molecule has 0 radical (unpaired) electrons. The molecule has 0 heterocycles. The third-order valence-corrected chi connectivity index (χ3v) is 2.57. The Labute approximate surface area is 117 Å². The van der Waals surface area contributed by atoms with Crippen LogP contribution in [0.5, 0.6) is 5.75 Å². The first-order valence-electron chi connectivity index (χ1n) is 6.15. The van der Waals surface area contributed by atoms with Gasteiger partial charge < -0.3 is 19.9 Å². The molecule has 1 aromatic rings. The van der Waals surface area contributed by atoms with Crippen LogP contribution in [0, 0.1) is 13.8 Å². The van der Waals surface area contributed by atoms with E-state index in [4.69, 9.17) is 9.84 Å². The fourth-order valence-corrected chi connectivity index (χ4v) is 1.72. The minimum Gasteiger partial charge on any atom is -0.484 e. The summed E-state index contributed by atoms with van der Waals surface area (Å²) >= 11 is 0. The molecule has 0 spiro atoms. The van der Waals surface area contributed by atoms with Crippen molar-refractivity contribution in [1.29, 1.82) is 0 Å². The van der Waals surface area contributed by atoms with E-state index >= 15 is 0 Å². The molecule has 0 saturated carbocycles. The molecule has 0 aliphatic heterocycles. The summed E-state index contributed by atoms with van der Waals surface area (Å²) in [5.74, 6) is -0.628. The predicted molar refractivity (Wildman–Crippen MR) is 72.4 cm³/mol. The first-order valence-corrected chi connectivity index (χ1v) is 6.15. The summed E-state index contributed by atoms with van der Waals surface area (Å²) in [6.07, 6.45) is 0. The first-order chi connectivity index (χ1) is 9.46. The Bertz CT molecular complexity index is 466. The minimum atomic E-state index is -1.07. The first kappa shape index (κ1) is 16.0. The Balaban J connectivity index is 2.52. The molecule has 1 amide bonds. The highest BCUT2D eigenvalue weighted by atomic mass is 16.5. The topological polar surface area (TPSA) is 84.9 Å². The molecule has 1 atom stereocenters. The van der Waals surface area contributed by atoms with Crippen LogP contribution in [-0.2, 0) is 14.3 Å². The summed E-state index contributed by atoms with van der Waals surface area (Å²) in [4.78, 5) is 22.8. The van der Waals surface area contributed by atoms with Crippen LogP contribution in [-0.4, -0.2) is 43.3 Å². The van der Waals surface area contributed by atoms with E-state index in [1.165, 1.54) is 7.11 Å². The summed E-state index contributed by atoms with van der Waals surface area (Å²) < 4.78 is 9.79.